The maximum Gasteiger partial charge on any atom is 0.233 e. The first-order chi connectivity index (χ1) is 7.65. The molecule has 0 aliphatic carbocycles. The number of rotatable bonds is 6. The first-order valence-electron chi connectivity index (χ1n) is 4.69. The summed E-state index contributed by atoms with van der Waals surface area (Å²) < 4.78 is 41.1. The van der Waals surface area contributed by atoms with Crippen molar-refractivity contribution in [1.82, 2.24) is 0 Å². The van der Waals surface area contributed by atoms with E-state index in [1.54, 1.807) is 18.2 Å². The van der Waals surface area contributed by atoms with E-state index in [0.29, 0.717) is 5.56 Å². The van der Waals surface area contributed by atoms with Gasteiger partial charge in [0.25, 0.3) is 0 Å². The zero-order valence-electron chi connectivity index (χ0n) is 8.41. The van der Waals surface area contributed by atoms with E-state index in [9.17, 15) is 18.0 Å². The Labute approximate surface area is 91.0 Å². The number of halogens is 3. The van der Waals surface area contributed by atoms with Crippen LogP contribution in [-0.2, 0) is 4.74 Å². The van der Waals surface area contributed by atoms with Gasteiger partial charge >= 0.3 is 0 Å². The number of Topliss-reactive ketones (excluding diaryl/α,β-unsaturated/α-hetero) is 1. The van der Waals surface area contributed by atoms with Gasteiger partial charge in [0.15, 0.2) is 12.0 Å². The van der Waals surface area contributed by atoms with Crippen molar-refractivity contribution < 1.29 is 22.7 Å². The Bertz CT molecular complexity index is 329. The standard InChI is InChI=1S/C11H11F3O2/c12-6-9(13)11(14)16-7-10(15)8-4-2-1-3-5-8/h1-5,9,11H,6-7H2. The molecule has 2 nitrogen and oxygen atoms in total. The van der Waals surface area contributed by atoms with E-state index in [2.05, 4.69) is 4.74 Å². The molecule has 1 aromatic rings. The van der Waals surface area contributed by atoms with Gasteiger partial charge in [-0.25, -0.2) is 13.2 Å². The highest BCUT2D eigenvalue weighted by molar-refractivity contribution is 5.96. The third-order valence-electron chi connectivity index (χ3n) is 1.90. The molecule has 0 bridgehead atoms. The summed E-state index contributed by atoms with van der Waals surface area (Å²) in [5.41, 5.74) is 0.338. The molecule has 0 saturated carbocycles. The predicted octanol–water partition coefficient (Wildman–Crippen LogP) is 2.49. The predicted molar refractivity (Wildman–Crippen MR) is 52.5 cm³/mol. The van der Waals surface area contributed by atoms with Crippen LogP contribution in [0.1, 0.15) is 10.4 Å². The molecule has 0 aliphatic rings. The number of benzene rings is 1. The fraction of sp³-hybridized carbons (Fsp3) is 0.364. The number of carbonyl (C=O) groups is 1. The largest absolute Gasteiger partial charge is 0.337 e. The summed E-state index contributed by atoms with van der Waals surface area (Å²) in [5.74, 6) is -0.477. The second-order valence-electron chi connectivity index (χ2n) is 3.12. The van der Waals surface area contributed by atoms with E-state index in [-0.39, 0.29) is 0 Å². The van der Waals surface area contributed by atoms with Crippen LogP contribution in [0.25, 0.3) is 0 Å². The van der Waals surface area contributed by atoms with Crippen molar-refractivity contribution in [1.29, 1.82) is 0 Å². The minimum Gasteiger partial charge on any atom is -0.337 e. The number of ketones is 1. The quantitative estimate of drug-likeness (QED) is 0.704. The average molecular weight is 232 g/mol. The highest BCUT2D eigenvalue weighted by atomic mass is 19.2. The molecule has 0 N–H and O–H groups in total. The van der Waals surface area contributed by atoms with E-state index in [1.165, 1.54) is 12.1 Å². The molecule has 1 rings (SSSR count). The van der Waals surface area contributed by atoms with Gasteiger partial charge in [-0.3, -0.25) is 4.79 Å². The Morgan fingerprint density at radius 2 is 1.88 bits per heavy atom. The first kappa shape index (κ1) is 12.7. The number of hydrogen-bond acceptors (Lipinski definition) is 2. The lowest BCUT2D eigenvalue weighted by molar-refractivity contribution is -0.0825. The molecule has 2 unspecified atom stereocenters. The second kappa shape index (κ2) is 6.27. The molecule has 1 aromatic carbocycles. The van der Waals surface area contributed by atoms with E-state index in [0.717, 1.165) is 0 Å². The third kappa shape index (κ3) is 3.66. The number of alkyl halides is 3. The van der Waals surface area contributed by atoms with Gasteiger partial charge < -0.3 is 4.74 Å². The van der Waals surface area contributed by atoms with Crippen LogP contribution < -0.4 is 0 Å². The molecule has 0 aromatic heterocycles. The molecule has 0 fully saturated rings. The van der Waals surface area contributed by atoms with Gasteiger partial charge in [-0.05, 0) is 0 Å². The summed E-state index contributed by atoms with van der Waals surface area (Å²) >= 11 is 0. The van der Waals surface area contributed by atoms with Crippen molar-refractivity contribution in [2.24, 2.45) is 0 Å². The molecule has 88 valence electrons. The topological polar surface area (TPSA) is 26.3 Å². The summed E-state index contributed by atoms with van der Waals surface area (Å²) in [5, 5.41) is 0. The van der Waals surface area contributed by atoms with E-state index in [1.807, 2.05) is 0 Å². The lowest BCUT2D eigenvalue weighted by Gasteiger charge is -2.10. The van der Waals surface area contributed by atoms with Gasteiger partial charge in [0.2, 0.25) is 6.36 Å². The fourth-order valence-electron chi connectivity index (χ4n) is 1.04. The van der Waals surface area contributed by atoms with Crippen molar-refractivity contribution in [3.05, 3.63) is 35.9 Å². The van der Waals surface area contributed by atoms with Crippen LogP contribution >= 0.6 is 0 Å². The highest BCUT2D eigenvalue weighted by Gasteiger charge is 2.21. The Kier molecular flexibility index (Phi) is 4.98. The summed E-state index contributed by atoms with van der Waals surface area (Å²) in [6.45, 7) is -2.08. The lowest BCUT2D eigenvalue weighted by Crippen LogP contribution is -2.25. The van der Waals surface area contributed by atoms with Crippen molar-refractivity contribution in [2.45, 2.75) is 12.5 Å². The first-order valence-corrected chi connectivity index (χ1v) is 4.69. The Morgan fingerprint density at radius 1 is 1.25 bits per heavy atom. The van der Waals surface area contributed by atoms with Crippen molar-refractivity contribution >= 4 is 5.78 Å². The molecule has 0 spiro atoms. The summed E-state index contributed by atoms with van der Waals surface area (Å²) in [7, 11) is 0. The van der Waals surface area contributed by atoms with Gasteiger partial charge in [0.1, 0.15) is 13.3 Å². The smallest absolute Gasteiger partial charge is 0.233 e. The molecular formula is C11H11F3O2. The molecule has 0 heterocycles. The van der Waals surface area contributed by atoms with Crippen LogP contribution in [0.4, 0.5) is 13.2 Å². The SMILES string of the molecule is O=C(COC(F)C(F)CF)c1ccccc1. The van der Waals surface area contributed by atoms with Crippen LogP contribution in [0.5, 0.6) is 0 Å². The van der Waals surface area contributed by atoms with Crippen LogP contribution in [0, 0.1) is 0 Å². The Morgan fingerprint density at radius 3 is 2.44 bits per heavy atom. The van der Waals surface area contributed by atoms with Crippen molar-refractivity contribution in [2.75, 3.05) is 13.3 Å². The van der Waals surface area contributed by atoms with Crippen LogP contribution in [0.3, 0.4) is 0 Å². The number of carbonyl (C=O) groups excluding carboxylic acids is 1. The second-order valence-corrected chi connectivity index (χ2v) is 3.12. The van der Waals surface area contributed by atoms with Crippen LogP contribution in [0.15, 0.2) is 30.3 Å². The Hall–Kier alpha value is -1.36. The maximum atomic E-state index is 12.7. The van der Waals surface area contributed by atoms with E-state index < -0.39 is 31.6 Å². The zero-order valence-corrected chi connectivity index (χ0v) is 8.41. The van der Waals surface area contributed by atoms with Crippen LogP contribution in [-0.4, -0.2) is 31.6 Å². The molecule has 2 atom stereocenters. The van der Waals surface area contributed by atoms with Gasteiger partial charge in [-0.2, -0.15) is 0 Å². The summed E-state index contributed by atoms with van der Waals surface area (Å²) in [6.07, 6.45) is -4.75. The zero-order chi connectivity index (χ0) is 12.0. The molecule has 0 aliphatic heterocycles. The molecule has 0 amide bonds. The average Bonchev–Trinajstić information content (AvgIpc) is 2.35. The minimum atomic E-state index is -2.40. The van der Waals surface area contributed by atoms with E-state index in [4.69, 9.17) is 0 Å². The molecule has 5 heteroatoms. The maximum absolute atomic E-state index is 12.7. The van der Waals surface area contributed by atoms with Gasteiger partial charge in [-0.15, -0.1) is 0 Å². The van der Waals surface area contributed by atoms with Gasteiger partial charge in [-0.1, -0.05) is 30.3 Å². The summed E-state index contributed by atoms with van der Waals surface area (Å²) in [6, 6.07) is 8.05. The minimum absolute atomic E-state index is 0.338. The van der Waals surface area contributed by atoms with Crippen molar-refractivity contribution in [3.8, 4) is 0 Å². The normalized spacial score (nSPS) is 14.4. The number of hydrogen-bond donors (Lipinski definition) is 0. The lowest BCUT2D eigenvalue weighted by atomic mass is 10.1. The molecule has 16 heavy (non-hydrogen) atoms. The fourth-order valence-corrected chi connectivity index (χ4v) is 1.04. The van der Waals surface area contributed by atoms with E-state index >= 15 is 0 Å². The Balaban J connectivity index is 2.42. The third-order valence-corrected chi connectivity index (χ3v) is 1.90. The summed E-state index contributed by atoms with van der Waals surface area (Å²) in [4.78, 5) is 11.4. The van der Waals surface area contributed by atoms with Gasteiger partial charge in [0.05, 0.1) is 0 Å². The monoisotopic (exact) mass is 232 g/mol. The van der Waals surface area contributed by atoms with Gasteiger partial charge in [0, 0.05) is 5.56 Å². The highest BCUT2D eigenvalue weighted by Crippen LogP contribution is 2.08. The molecule has 0 radical (unpaired) electrons. The molecule has 0 saturated heterocycles. The van der Waals surface area contributed by atoms with Crippen molar-refractivity contribution in [3.63, 3.8) is 0 Å². The van der Waals surface area contributed by atoms with Crippen LogP contribution in [0.2, 0.25) is 0 Å². The molecular weight excluding hydrogens is 221 g/mol. The number of ether oxygens (including phenoxy) is 1.